The highest BCUT2D eigenvalue weighted by atomic mass is 31.2. The number of para-hydroxylation sites is 2. The van der Waals surface area contributed by atoms with Crippen molar-refractivity contribution >= 4 is 48.7 Å². The molecule has 0 unspecified atom stereocenters. The third-order valence-electron chi connectivity index (χ3n) is 11.0. The topological polar surface area (TPSA) is 165 Å². The lowest BCUT2D eigenvalue weighted by atomic mass is 10.1. The van der Waals surface area contributed by atoms with E-state index in [0.717, 1.165) is 76.6 Å². The molecule has 296 valence electrons. The normalized spacial score (nSPS) is 28.3. The van der Waals surface area contributed by atoms with Crippen LogP contribution in [0.15, 0.2) is 41.4 Å². The summed E-state index contributed by atoms with van der Waals surface area (Å²) in [6, 6.07) is 6.43. The molecule has 4 fully saturated rings. The molecular weight excluding hydrogens is 713 g/mol. The minimum atomic E-state index is -3.87. The van der Waals surface area contributed by atoms with Crippen LogP contribution in [0.3, 0.4) is 0 Å². The second kappa shape index (κ2) is 18.3. The first-order valence-electron chi connectivity index (χ1n) is 19.9. The van der Waals surface area contributed by atoms with Crippen molar-refractivity contribution in [1.29, 1.82) is 0 Å². The minimum absolute atomic E-state index is 0.00455. The van der Waals surface area contributed by atoms with Crippen molar-refractivity contribution in [1.82, 2.24) is 10.2 Å². The molecule has 0 bridgehead atoms. The standard InChI is InChI=1S/C39H56N5O9P/c1-3-50-54(49,51-4-2)39-26-28(39)17-9-6-5-7-10-21-32(41-38(48)52-29-18-11-12-19-29)36(46)44-27-30(25-34(44)35(45)42-39)53-37(47)40-31-20-13-14-22-33(31)43-23-15-8-16-24-43/h9,13-14,17,20,22,28-30,34H,3-8,10-12,15-16,18-19,21,23-27H2,1-2H3,(H,40,47)(H,42,45)/b17-9-,41-32+/t28-,30-,34+,39+/m1/s1. The van der Waals surface area contributed by atoms with Crippen molar-refractivity contribution in [2.75, 3.05) is 43.1 Å². The Kier molecular flexibility index (Phi) is 13.5. The first-order valence-corrected chi connectivity index (χ1v) is 21.5. The average Bonchev–Trinajstić information content (AvgIpc) is 3.43. The van der Waals surface area contributed by atoms with Crippen LogP contribution in [-0.2, 0) is 32.7 Å². The number of ether oxygens (including phenoxy) is 2. The second-order valence-electron chi connectivity index (χ2n) is 14.9. The van der Waals surface area contributed by atoms with Crippen LogP contribution in [-0.4, -0.2) is 91.0 Å². The zero-order chi connectivity index (χ0) is 38.1. The quantitative estimate of drug-likeness (QED) is 0.192. The van der Waals surface area contributed by atoms with Crippen molar-refractivity contribution < 1.29 is 42.3 Å². The van der Waals surface area contributed by atoms with Crippen LogP contribution >= 0.6 is 7.60 Å². The van der Waals surface area contributed by atoms with Gasteiger partial charge in [0.1, 0.15) is 29.2 Å². The van der Waals surface area contributed by atoms with E-state index >= 15 is 0 Å². The number of aliphatic imine (C=N–C) groups is 1. The zero-order valence-electron chi connectivity index (χ0n) is 31.7. The van der Waals surface area contributed by atoms with Gasteiger partial charge in [0.05, 0.1) is 31.1 Å². The van der Waals surface area contributed by atoms with E-state index < -0.39 is 49.0 Å². The number of hydrogen-bond acceptors (Lipinski definition) is 10. The van der Waals surface area contributed by atoms with Crippen molar-refractivity contribution in [2.45, 2.75) is 127 Å². The van der Waals surface area contributed by atoms with Gasteiger partial charge in [0.2, 0.25) is 5.91 Å². The number of nitrogens with zero attached hydrogens (tertiary/aromatic N) is 3. The summed E-state index contributed by atoms with van der Waals surface area (Å²) < 4.78 is 37.4. The lowest BCUT2D eigenvalue weighted by molar-refractivity contribution is -0.134. The number of benzene rings is 1. The monoisotopic (exact) mass is 769 g/mol. The number of rotatable bonds is 9. The molecule has 4 amide bonds. The number of carbonyl (C=O) groups excluding carboxylic acids is 4. The number of piperidine rings is 1. The lowest BCUT2D eigenvalue weighted by Crippen LogP contribution is -2.52. The van der Waals surface area contributed by atoms with E-state index in [9.17, 15) is 23.7 Å². The number of allylic oxidation sites excluding steroid dienone is 1. The largest absolute Gasteiger partial charge is 0.445 e. The van der Waals surface area contributed by atoms with E-state index in [0.29, 0.717) is 18.5 Å². The van der Waals surface area contributed by atoms with E-state index in [1.54, 1.807) is 13.8 Å². The van der Waals surface area contributed by atoms with Gasteiger partial charge < -0.3 is 33.6 Å². The molecule has 54 heavy (non-hydrogen) atoms. The predicted octanol–water partition coefficient (Wildman–Crippen LogP) is 7.33. The number of fused-ring (bicyclic) bond motifs is 2. The number of hydrogen-bond donors (Lipinski definition) is 2. The van der Waals surface area contributed by atoms with Gasteiger partial charge in [-0.1, -0.05) is 30.7 Å². The summed E-state index contributed by atoms with van der Waals surface area (Å²) in [7, 11) is -3.87. The first-order chi connectivity index (χ1) is 26.2. The van der Waals surface area contributed by atoms with Crippen LogP contribution in [0.4, 0.5) is 21.0 Å². The van der Waals surface area contributed by atoms with Crippen molar-refractivity contribution in [3.63, 3.8) is 0 Å². The molecule has 0 spiro atoms. The third kappa shape index (κ3) is 9.37. The Morgan fingerprint density at radius 2 is 1.67 bits per heavy atom. The van der Waals surface area contributed by atoms with E-state index in [1.807, 2.05) is 36.4 Å². The average molecular weight is 770 g/mol. The van der Waals surface area contributed by atoms with Crippen molar-refractivity contribution in [3.8, 4) is 0 Å². The SMILES string of the molecule is CCOP(=O)(OCC)[C@@]12C[C@H]1/C=C\CCCCC/C(=N\C(=O)OC1CCCC1)C(=O)N1C[C@H](OC(=O)Nc3ccccc3N3CCCCC3)C[C@H]1C(=O)N2. The van der Waals surface area contributed by atoms with Gasteiger partial charge in [-0.2, -0.15) is 4.99 Å². The lowest BCUT2D eigenvalue weighted by Gasteiger charge is -2.31. The van der Waals surface area contributed by atoms with Gasteiger partial charge >= 0.3 is 19.8 Å². The summed E-state index contributed by atoms with van der Waals surface area (Å²) in [5.74, 6) is -1.49. The van der Waals surface area contributed by atoms with Crippen LogP contribution in [0.1, 0.15) is 104 Å². The maximum absolute atomic E-state index is 14.4. The highest BCUT2D eigenvalue weighted by Gasteiger charge is 2.68. The van der Waals surface area contributed by atoms with Crippen molar-refractivity contribution in [3.05, 3.63) is 36.4 Å². The van der Waals surface area contributed by atoms with E-state index in [4.69, 9.17) is 18.5 Å². The molecule has 3 heterocycles. The van der Waals surface area contributed by atoms with Gasteiger partial charge in [-0.25, -0.2) is 9.59 Å². The fourth-order valence-corrected chi connectivity index (χ4v) is 10.6. The number of amides is 4. The highest BCUT2D eigenvalue weighted by molar-refractivity contribution is 7.56. The molecule has 5 aliphatic rings. The Bertz CT molecular complexity index is 1610. The molecule has 2 saturated carbocycles. The van der Waals surface area contributed by atoms with E-state index in [2.05, 4.69) is 20.5 Å². The Morgan fingerprint density at radius 1 is 0.944 bits per heavy atom. The summed E-state index contributed by atoms with van der Waals surface area (Å²) in [6.45, 7) is 5.33. The fraction of sp³-hybridized carbons (Fsp3) is 0.667. The van der Waals surface area contributed by atoms with Crippen LogP contribution in [0.5, 0.6) is 0 Å². The molecule has 2 N–H and O–H groups in total. The second-order valence-corrected chi connectivity index (χ2v) is 17.2. The maximum Gasteiger partial charge on any atom is 0.434 e. The van der Waals surface area contributed by atoms with Gasteiger partial charge in [-0.15, -0.1) is 0 Å². The fourth-order valence-electron chi connectivity index (χ4n) is 8.23. The molecule has 1 aromatic rings. The molecule has 6 rings (SSSR count). The van der Waals surface area contributed by atoms with Gasteiger partial charge in [-0.3, -0.25) is 19.5 Å². The van der Waals surface area contributed by atoms with E-state index in [1.165, 1.54) is 11.3 Å². The summed E-state index contributed by atoms with van der Waals surface area (Å²) in [5, 5.41) is 4.58. The Hall–Kier alpha value is -3.74. The van der Waals surface area contributed by atoms with Crippen LogP contribution in [0, 0.1) is 5.92 Å². The van der Waals surface area contributed by atoms with Crippen LogP contribution < -0.4 is 15.5 Å². The number of carbonyl (C=O) groups is 4. The molecule has 14 nitrogen and oxygen atoms in total. The predicted molar refractivity (Wildman–Crippen MR) is 205 cm³/mol. The summed E-state index contributed by atoms with van der Waals surface area (Å²) >= 11 is 0. The smallest absolute Gasteiger partial charge is 0.434 e. The zero-order valence-corrected chi connectivity index (χ0v) is 32.6. The molecule has 0 radical (unpaired) electrons. The van der Waals surface area contributed by atoms with E-state index in [-0.39, 0.29) is 50.3 Å². The molecule has 0 aromatic heterocycles. The Morgan fingerprint density at radius 3 is 2.41 bits per heavy atom. The van der Waals surface area contributed by atoms with Gasteiger partial charge in [-0.05, 0) is 103 Å². The maximum atomic E-state index is 14.4. The Labute approximate surface area is 318 Å². The minimum Gasteiger partial charge on any atom is -0.445 e. The van der Waals surface area contributed by atoms with Crippen LogP contribution in [0.25, 0.3) is 0 Å². The molecule has 2 saturated heterocycles. The first kappa shape index (κ1) is 39.9. The molecule has 4 atom stereocenters. The Balaban J connectivity index is 1.27. The summed E-state index contributed by atoms with van der Waals surface area (Å²) in [6.07, 6.45) is 11.6. The van der Waals surface area contributed by atoms with Crippen LogP contribution in [0.2, 0.25) is 0 Å². The van der Waals surface area contributed by atoms with Gasteiger partial charge in [0.25, 0.3) is 5.91 Å². The molecule has 2 aliphatic carbocycles. The third-order valence-corrected chi connectivity index (χ3v) is 13.8. The number of nitrogens with one attached hydrogen (secondary N) is 2. The highest BCUT2D eigenvalue weighted by Crippen LogP contribution is 2.73. The number of anilines is 2. The van der Waals surface area contributed by atoms with Gasteiger partial charge in [0.15, 0.2) is 0 Å². The molecular formula is C39H56N5O9P. The molecule has 15 heteroatoms. The van der Waals surface area contributed by atoms with Crippen molar-refractivity contribution in [2.24, 2.45) is 10.9 Å². The molecule has 1 aromatic carbocycles. The van der Waals surface area contributed by atoms with Gasteiger partial charge in [0, 0.05) is 25.4 Å². The summed E-state index contributed by atoms with van der Waals surface area (Å²) in [5.41, 5.74) is 1.51. The molecule has 3 aliphatic heterocycles. The summed E-state index contributed by atoms with van der Waals surface area (Å²) in [4.78, 5) is 63.1.